The first kappa shape index (κ1) is 12.9. The van der Waals surface area contributed by atoms with Crippen molar-refractivity contribution >= 4 is 11.4 Å². The summed E-state index contributed by atoms with van der Waals surface area (Å²) in [6.07, 6.45) is 2.37. The fraction of sp³-hybridized carbons (Fsp3) is 0.294. The van der Waals surface area contributed by atoms with Gasteiger partial charge in [-0.2, -0.15) is 0 Å². The van der Waals surface area contributed by atoms with E-state index in [1.165, 1.54) is 24.1 Å². The average Bonchev–Trinajstić information content (AvgIpc) is 2.49. The smallest absolute Gasteiger partial charge is 0.120 e. The maximum Gasteiger partial charge on any atom is 0.120 e. The topological polar surface area (TPSA) is 38.5 Å². The van der Waals surface area contributed by atoms with Gasteiger partial charge in [0.25, 0.3) is 0 Å². The number of nitrogens with two attached hydrogens (primary N) is 1. The fourth-order valence-electron chi connectivity index (χ4n) is 2.83. The van der Waals surface area contributed by atoms with Gasteiger partial charge in [-0.05, 0) is 36.1 Å². The van der Waals surface area contributed by atoms with E-state index in [-0.39, 0.29) is 0 Å². The molecule has 2 aromatic rings. The van der Waals surface area contributed by atoms with Crippen LogP contribution in [0.4, 0.5) is 11.4 Å². The first-order valence-corrected chi connectivity index (χ1v) is 7.03. The Hall–Kier alpha value is -2.16. The maximum atomic E-state index is 6.13. The molecule has 0 amide bonds. The standard InChI is InChI=1S/C17H20N2O/c1-20-15-9-8-14(16(18)11-15)12-19-10-4-6-13-5-2-3-7-17(13)19/h2-3,5,7-9,11H,4,6,10,12,18H2,1H3. The molecule has 0 saturated heterocycles. The molecule has 3 heteroatoms. The molecule has 104 valence electrons. The lowest BCUT2D eigenvalue weighted by Crippen LogP contribution is -2.29. The normalized spacial score (nSPS) is 13.9. The van der Waals surface area contributed by atoms with Crippen LogP contribution in [0.1, 0.15) is 17.5 Å². The van der Waals surface area contributed by atoms with Crippen LogP contribution in [0, 0.1) is 0 Å². The third-order valence-electron chi connectivity index (χ3n) is 3.92. The second-order valence-corrected chi connectivity index (χ2v) is 5.22. The third kappa shape index (κ3) is 2.44. The molecule has 0 bridgehead atoms. The van der Waals surface area contributed by atoms with Gasteiger partial charge in [-0.15, -0.1) is 0 Å². The quantitative estimate of drug-likeness (QED) is 0.869. The molecule has 1 heterocycles. The van der Waals surface area contributed by atoms with E-state index in [1.54, 1.807) is 7.11 Å². The van der Waals surface area contributed by atoms with Gasteiger partial charge in [-0.25, -0.2) is 0 Å². The van der Waals surface area contributed by atoms with Gasteiger partial charge in [0.2, 0.25) is 0 Å². The summed E-state index contributed by atoms with van der Waals surface area (Å²) in [4.78, 5) is 2.41. The highest BCUT2D eigenvalue weighted by Gasteiger charge is 2.17. The molecular weight excluding hydrogens is 248 g/mol. The zero-order valence-corrected chi connectivity index (χ0v) is 11.8. The lowest BCUT2D eigenvalue weighted by atomic mass is 10.0. The van der Waals surface area contributed by atoms with Gasteiger partial charge >= 0.3 is 0 Å². The number of para-hydroxylation sites is 1. The molecule has 1 aliphatic heterocycles. The van der Waals surface area contributed by atoms with Crippen molar-refractivity contribution < 1.29 is 4.74 Å². The van der Waals surface area contributed by atoms with Gasteiger partial charge in [0.05, 0.1) is 7.11 Å². The van der Waals surface area contributed by atoms with Crippen LogP contribution in [-0.4, -0.2) is 13.7 Å². The summed E-state index contributed by atoms with van der Waals surface area (Å²) >= 11 is 0. The summed E-state index contributed by atoms with van der Waals surface area (Å²) in [5, 5.41) is 0. The van der Waals surface area contributed by atoms with Crippen molar-refractivity contribution in [2.24, 2.45) is 0 Å². The molecule has 3 nitrogen and oxygen atoms in total. The van der Waals surface area contributed by atoms with Gasteiger partial charge in [0, 0.05) is 30.5 Å². The number of fused-ring (bicyclic) bond motifs is 1. The molecule has 0 aliphatic carbocycles. The minimum Gasteiger partial charge on any atom is -0.497 e. The molecule has 2 N–H and O–H groups in total. The molecule has 0 unspecified atom stereocenters. The summed E-state index contributed by atoms with van der Waals surface area (Å²) < 4.78 is 5.20. The van der Waals surface area contributed by atoms with Gasteiger partial charge < -0.3 is 15.4 Å². The third-order valence-corrected chi connectivity index (χ3v) is 3.92. The Kier molecular flexibility index (Phi) is 3.50. The van der Waals surface area contributed by atoms with E-state index in [2.05, 4.69) is 35.2 Å². The van der Waals surface area contributed by atoms with Crippen LogP contribution in [0.5, 0.6) is 5.75 Å². The molecule has 0 radical (unpaired) electrons. The number of hydrogen-bond acceptors (Lipinski definition) is 3. The molecule has 0 aromatic heterocycles. The summed E-state index contributed by atoms with van der Waals surface area (Å²) in [5.74, 6) is 0.810. The van der Waals surface area contributed by atoms with E-state index < -0.39 is 0 Å². The van der Waals surface area contributed by atoms with Gasteiger partial charge in [-0.1, -0.05) is 24.3 Å². The molecule has 3 rings (SSSR count). The van der Waals surface area contributed by atoms with Crippen LogP contribution in [0.3, 0.4) is 0 Å². The minimum absolute atomic E-state index is 0.799. The van der Waals surface area contributed by atoms with Crippen molar-refractivity contribution in [2.75, 3.05) is 24.3 Å². The number of anilines is 2. The van der Waals surface area contributed by atoms with E-state index in [4.69, 9.17) is 10.5 Å². The number of aryl methyl sites for hydroxylation is 1. The second kappa shape index (κ2) is 5.45. The van der Waals surface area contributed by atoms with Crippen molar-refractivity contribution in [1.29, 1.82) is 0 Å². The van der Waals surface area contributed by atoms with Crippen LogP contribution < -0.4 is 15.4 Å². The molecule has 0 spiro atoms. The number of hydrogen-bond donors (Lipinski definition) is 1. The Bertz CT molecular complexity index is 610. The molecule has 0 fully saturated rings. The van der Waals surface area contributed by atoms with Gasteiger partial charge in [-0.3, -0.25) is 0 Å². The van der Waals surface area contributed by atoms with E-state index >= 15 is 0 Å². The zero-order valence-electron chi connectivity index (χ0n) is 11.8. The number of rotatable bonds is 3. The number of ether oxygens (including phenoxy) is 1. The van der Waals surface area contributed by atoms with Gasteiger partial charge in [0.15, 0.2) is 0 Å². The van der Waals surface area contributed by atoms with Crippen LogP contribution in [0.2, 0.25) is 0 Å². The van der Waals surface area contributed by atoms with Crippen LogP contribution in [0.25, 0.3) is 0 Å². The van der Waals surface area contributed by atoms with E-state index in [0.717, 1.165) is 30.1 Å². The Morgan fingerprint density at radius 1 is 1.20 bits per heavy atom. The second-order valence-electron chi connectivity index (χ2n) is 5.22. The SMILES string of the molecule is COc1ccc(CN2CCCc3ccccc32)c(N)c1. The first-order chi connectivity index (χ1) is 9.78. The average molecular weight is 268 g/mol. The number of nitrogens with zero attached hydrogens (tertiary/aromatic N) is 1. The predicted octanol–water partition coefficient (Wildman–Crippen LogP) is 3.23. The highest BCUT2D eigenvalue weighted by Crippen LogP contribution is 2.29. The number of methoxy groups -OCH3 is 1. The monoisotopic (exact) mass is 268 g/mol. The number of benzene rings is 2. The highest BCUT2D eigenvalue weighted by atomic mass is 16.5. The van der Waals surface area contributed by atoms with E-state index in [9.17, 15) is 0 Å². The predicted molar refractivity (Wildman–Crippen MR) is 83.2 cm³/mol. The Labute approximate surface area is 120 Å². The fourth-order valence-corrected chi connectivity index (χ4v) is 2.83. The lowest BCUT2D eigenvalue weighted by Gasteiger charge is -2.31. The Balaban J connectivity index is 1.85. The Morgan fingerprint density at radius 3 is 2.85 bits per heavy atom. The summed E-state index contributed by atoms with van der Waals surface area (Å²) in [6.45, 7) is 1.94. The van der Waals surface area contributed by atoms with E-state index in [0.29, 0.717) is 0 Å². The molecule has 0 atom stereocenters. The highest BCUT2D eigenvalue weighted by molar-refractivity contribution is 5.58. The van der Waals surface area contributed by atoms with Gasteiger partial charge in [0.1, 0.15) is 5.75 Å². The van der Waals surface area contributed by atoms with Crippen molar-refractivity contribution in [3.63, 3.8) is 0 Å². The van der Waals surface area contributed by atoms with E-state index in [1.807, 2.05) is 12.1 Å². The van der Waals surface area contributed by atoms with Crippen molar-refractivity contribution in [3.8, 4) is 5.75 Å². The molecule has 1 aliphatic rings. The Morgan fingerprint density at radius 2 is 2.05 bits per heavy atom. The summed E-state index contributed by atoms with van der Waals surface area (Å²) in [7, 11) is 1.66. The lowest BCUT2D eigenvalue weighted by molar-refractivity contribution is 0.415. The van der Waals surface area contributed by atoms with Crippen LogP contribution in [0.15, 0.2) is 42.5 Å². The molecular formula is C17H20N2O. The van der Waals surface area contributed by atoms with Crippen molar-refractivity contribution in [3.05, 3.63) is 53.6 Å². The zero-order chi connectivity index (χ0) is 13.9. The number of nitrogen functional groups attached to an aromatic ring is 1. The summed E-state index contributed by atoms with van der Waals surface area (Å²) in [5.41, 5.74) is 10.9. The van der Waals surface area contributed by atoms with Crippen molar-refractivity contribution in [2.45, 2.75) is 19.4 Å². The van der Waals surface area contributed by atoms with Crippen LogP contribution in [-0.2, 0) is 13.0 Å². The van der Waals surface area contributed by atoms with Crippen molar-refractivity contribution in [1.82, 2.24) is 0 Å². The molecule has 20 heavy (non-hydrogen) atoms. The minimum atomic E-state index is 0.799. The van der Waals surface area contributed by atoms with Crippen LogP contribution >= 0.6 is 0 Å². The summed E-state index contributed by atoms with van der Waals surface area (Å²) in [6, 6.07) is 14.6. The maximum absolute atomic E-state index is 6.13. The largest absolute Gasteiger partial charge is 0.497 e. The first-order valence-electron chi connectivity index (χ1n) is 7.03. The molecule has 2 aromatic carbocycles. The molecule has 0 saturated carbocycles.